The summed E-state index contributed by atoms with van der Waals surface area (Å²) in [5, 5.41) is 0. The first-order valence-electron chi connectivity index (χ1n) is 7.23. The van der Waals surface area contributed by atoms with Crippen molar-refractivity contribution in [2.45, 2.75) is 71.8 Å². The molecule has 1 fully saturated rings. The zero-order valence-electron chi connectivity index (χ0n) is 13.4. The molecule has 5 heteroatoms. The van der Waals surface area contributed by atoms with Crippen molar-refractivity contribution >= 4 is 12.4 Å². The molecule has 3 unspecified atom stereocenters. The van der Waals surface area contributed by atoms with Crippen molar-refractivity contribution in [1.29, 1.82) is 0 Å². The van der Waals surface area contributed by atoms with Gasteiger partial charge in [0, 0.05) is 0 Å². The molecule has 0 saturated carbocycles. The molecule has 1 saturated heterocycles. The molecule has 0 aromatic carbocycles. The summed E-state index contributed by atoms with van der Waals surface area (Å²) < 4.78 is 11.1. The lowest BCUT2D eigenvalue weighted by Crippen LogP contribution is -2.53. The molecular formula is C15H27NO4. The van der Waals surface area contributed by atoms with E-state index in [0.29, 0.717) is 12.3 Å². The van der Waals surface area contributed by atoms with E-state index in [4.69, 9.17) is 9.47 Å². The van der Waals surface area contributed by atoms with Gasteiger partial charge < -0.3 is 14.3 Å². The van der Waals surface area contributed by atoms with Crippen molar-refractivity contribution in [3.05, 3.63) is 0 Å². The average molecular weight is 285 g/mol. The molecule has 116 valence electrons. The van der Waals surface area contributed by atoms with Crippen LogP contribution in [0.25, 0.3) is 0 Å². The highest BCUT2D eigenvalue weighted by molar-refractivity contribution is 5.77. The van der Waals surface area contributed by atoms with Crippen molar-refractivity contribution in [2.75, 3.05) is 6.61 Å². The van der Waals surface area contributed by atoms with Crippen molar-refractivity contribution < 1.29 is 19.1 Å². The molecule has 1 rings (SSSR count). The predicted molar refractivity (Wildman–Crippen MR) is 76.4 cm³/mol. The highest BCUT2D eigenvalue weighted by Gasteiger charge is 2.48. The Labute approximate surface area is 121 Å². The van der Waals surface area contributed by atoms with Gasteiger partial charge in [0.2, 0.25) is 0 Å². The fraction of sp³-hybridized carbons (Fsp3) is 0.867. The smallest absolute Gasteiger partial charge is 0.413 e. The maximum absolute atomic E-state index is 12.4. The molecular weight excluding hydrogens is 258 g/mol. The summed E-state index contributed by atoms with van der Waals surface area (Å²) in [7, 11) is 0. The molecule has 0 aromatic rings. The number of hydrogen-bond acceptors (Lipinski definition) is 4. The van der Waals surface area contributed by atoms with E-state index in [0.717, 1.165) is 12.7 Å². The van der Waals surface area contributed by atoms with Crippen LogP contribution in [-0.2, 0) is 14.3 Å². The summed E-state index contributed by atoms with van der Waals surface area (Å²) in [4.78, 5) is 25.2. The summed E-state index contributed by atoms with van der Waals surface area (Å²) >= 11 is 0. The van der Waals surface area contributed by atoms with Gasteiger partial charge in [0.05, 0.1) is 6.61 Å². The second-order valence-electron chi connectivity index (χ2n) is 6.84. The summed E-state index contributed by atoms with van der Waals surface area (Å²) in [5.74, 6) is 0.416. The van der Waals surface area contributed by atoms with Gasteiger partial charge in [-0.3, -0.25) is 4.90 Å². The summed E-state index contributed by atoms with van der Waals surface area (Å²) in [6.07, 6.45) is 1.60. The van der Waals surface area contributed by atoms with Crippen molar-refractivity contribution in [2.24, 2.45) is 5.92 Å². The number of carbonyl (C=O) groups excluding carboxylic acids is 2. The van der Waals surface area contributed by atoms with E-state index in [1.807, 2.05) is 20.8 Å². The maximum atomic E-state index is 12.4. The van der Waals surface area contributed by atoms with Crippen LogP contribution in [0.1, 0.15) is 54.4 Å². The number of rotatable bonds is 4. The van der Waals surface area contributed by atoms with Gasteiger partial charge in [-0.05, 0) is 40.0 Å². The molecule has 20 heavy (non-hydrogen) atoms. The normalized spacial score (nSPS) is 28.3. The van der Waals surface area contributed by atoms with Crippen LogP contribution in [0, 0.1) is 5.92 Å². The third-order valence-corrected chi connectivity index (χ3v) is 3.55. The summed E-state index contributed by atoms with van der Waals surface area (Å²) in [5.41, 5.74) is -1.54. The third kappa shape index (κ3) is 3.95. The zero-order chi connectivity index (χ0) is 15.6. The Kier molecular flexibility index (Phi) is 5.19. The van der Waals surface area contributed by atoms with E-state index in [1.165, 1.54) is 4.90 Å². The summed E-state index contributed by atoms with van der Waals surface area (Å²) in [6, 6.07) is 0. The number of aldehydes is 1. The molecule has 3 atom stereocenters. The fourth-order valence-corrected chi connectivity index (χ4v) is 2.15. The topological polar surface area (TPSA) is 55.8 Å². The van der Waals surface area contributed by atoms with Gasteiger partial charge in [-0.1, -0.05) is 20.3 Å². The highest BCUT2D eigenvalue weighted by Crippen LogP contribution is 2.31. The maximum Gasteiger partial charge on any atom is 0.413 e. The van der Waals surface area contributed by atoms with Crippen LogP contribution < -0.4 is 0 Å². The number of ether oxygens (including phenoxy) is 2. The minimum Gasteiger partial charge on any atom is -0.444 e. The van der Waals surface area contributed by atoms with E-state index >= 15 is 0 Å². The van der Waals surface area contributed by atoms with Gasteiger partial charge in [-0.15, -0.1) is 0 Å². The fourth-order valence-electron chi connectivity index (χ4n) is 2.15. The molecule has 0 radical (unpaired) electrons. The molecule has 0 aliphatic carbocycles. The Morgan fingerprint density at radius 2 is 2.15 bits per heavy atom. The van der Waals surface area contributed by atoms with Gasteiger partial charge in [0.15, 0.2) is 0 Å². The minimum atomic E-state index is -0.944. The lowest BCUT2D eigenvalue weighted by Gasteiger charge is -2.34. The molecule has 1 heterocycles. The lowest BCUT2D eigenvalue weighted by atomic mass is 10.0. The van der Waals surface area contributed by atoms with Gasteiger partial charge in [0.1, 0.15) is 23.7 Å². The van der Waals surface area contributed by atoms with E-state index in [9.17, 15) is 9.59 Å². The third-order valence-electron chi connectivity index (χ3n) is 3.55. The van der Waals surface area contributed by atoms with E-state index in [-0.39, 0.29) is 6.61 Å². The average Bonchev–Trinajstić information content (AvgIpc) is 2.65. The first-order valence-corrected chi connectivity index (χ1v) is 7.23. The van der Waals surface area contributed by atoms with Gasteiger partial charge in [0.25, 0.3) is 0 Å². The van der Waals surface area contributed by atoms with Gasteiger partial charge in [-0.2, -0.15) is 0 Å². The van der Waals surface area contributed by atoms with Crippen LogP contribution in [0.4, 0.5) is 4.79 Å². The summed E-state index contributed by atoms with van der Waals surface area (Å²) in [6.45, 7) is 11.6. The van der Waals surface area contributed by atoms with Gasteiger partial charge in [-0.25, -0.2) is 4.79 Å². The molecule has 5 nitrogen and oxygen atoms in total. The minimum absolute atomic E-state index is 0.219. The monoisotopic (exact) mass is 285 g/mol. The van der Waals surface area contributed by atoms with Crippen LogP contribution in [0.5, 0.6) is 0 Å². The first kappa shape index (κ1) is 17.0. The molecule has 0 bridgehead atoms. The Bertz CT molecular complexity index is 363. The Hall–Kier alpha value is -1.10. The second-order valence-corrected chi connectivity index (χ2v) is 6.84. The number of nitrogens with zero attached hydrogens (tertiary/aromatic N) is 1. The SMILES string of the molecule is CCC(C)CC1OCC(C)(C=O)N1C(=O)OC(C)(C)C. The van der Waals surface area contributed by atoms with Crippen molar-refractivity contribution in [1.82, 2.24) is 4.90 Å². The van der Waals surface area contributed by atoms with E-state index < -0.39 is 23.5 Å². The lowest BCUT2D eigenvalue weighted by molar-refractivity contribution is -0.116. The van der Waals surface area contributed by atoms with Crippen molar-refractivity contribution in [3.63, 3.8) is 0 Å². The van der Waals surface area contributed by atoms with E-state index in [2.05, 4.69) is 13.8 Å². The Balaban J connectivity index is 2.92. The predicted octanol–water partition coefficient (Wildman–Crippen LogP) is 2.97. The Morgan fingerprint density at radius 1 is 1.55 bits per heavy atom. The molecule has 0 aromatic heterocycles. The molecule has 0 spiro atoms. The number of hydrogen-bond donors (Lipinski definition) is 0. The quantitative estimate of drug-likeness (QED) is 0.745. The Morgan fingerprint density at radius 3 is 2.60 bits per heavy atom. The van der Waals surface area contributed by atoms with Crippen LogP contribution in [-0.4, -0.2) is 41.3 Å². The zero-order valence-corrected chi connectivity index (χ0v) is 13.4. The van der Waals surface area contributed by atoms with Crippen LogP contribution in [0.2, 0.25) is 0 Å². The van der Waals surface area contributed by atoms with Crippen LogP contribution >= 0.6 is 0 Å². The number of amides is 1. The number of carbonyl (C=O) groups is 2. The standard InChI is InChI=1S/C15H27NO4/c1-7-11(2)8-12-16(13(18)20-14(3,4)5)15(6,9-17)10-19-12/h9,11-12H,7-8,10H2,1-6H3. The first-order chi connectivity index (χ1) is 9.13. The largest absolute Gasteiger partial charge is 0.444 e. The van der Waals surface area contributed by atoms with E-state index in [1.54, 1.807) is 6.92 Å². The van der Waals surface area contributed by atoms with Gasteiger partial charge >= 0.3 is 6.09 Å². The van der Waals surface area contributed by atoms with Crippen molar-refractivity contribution in [3.8, 4) is 0 Å². The molecule has 1 aliphatic rings. The molecule has 1 aliphatic heterocycles. The van der Waals surface area contributed by atoms with Crippen LogP contribution in [0.15, 0.2) is 0 Å². The van der Waals surface area contributed by atoms with Crippen LogP contribution in [0.3, 0.4) is 0 Å². The second kappa shape index (κ2) is 6.12. The molecule has 1 amide bonds. The molecule has 0 N–H and O–H groups in total. The highest BCUT2D eigenvalue weighted by atomic mass is 16.6.